The molecule has 1 unspecified atom stereocenters. The Morgan fingerprint density at radius 2 is 1.03 bits per heavy atom. The first-order valence-corrected chi connectivity index (χ1v) is 13.3. The van der Waals surface area contributed by atoms with Gasteiger partial charge in [-0.3, -0.25) is 0 Å². The van der Waals surface area contributed by atoms with Crippen LogP contribution in [0.15, 0.2) is 103 Å². The number of aromatic nitrogens is 1. The van der Waals surface area contributed by atoms with Gasteiger partial charge in [-0.25, -0.2) is 8.42 Å². The molecule has 0 N–H and O–H groups in total. The molecule has 0 aliphatic carbocycles. The van der Waals surface area contributed by atoms with Crippen LogP contribution in [-0.4, -0.2) is 27.2 Å². The van der Waals surface area contributed by atoms with Crippen LogP contribution in [0.5, 0.6) is 0 Å². The van der Waals surface area contributed by atoms with Gasteiger partial charge in [0.1, 0.15) is 5.75 Å². The van der Waals surface area contributed by atoms with Crippen molar-refractivity contribution >= 4 is 17.1 Å². The van der Waals surface area contributed by atoms with E-state index in [9.17, 15) is 25.7 Å². The molecular weight excluding hydrogens is 489 g/mol. The molecule has 186 valence electrons. The van der Waals surface area contributed by atoms with E-state index >= 15 is 0 Å². The quantitative estimate of drug-likeness (QED) is 0.175. The van der Waals surface area contributed by atoms with Crippen LogP contribution in [0, 0.1) is 0 Å². The van der Waals surface area contributed by atoms with Crippen molar-refractivity contribution < 1.29 is 30.2 Å². The molecule has 1 aliphatic heterocycles. The largest absolute Gasteiger partial charge is 0.673 e. The van der Waals surface area contributed by atoms with Crippen LogP contribution >= 0.6 is 0 Å². The Labute approximate surface area is 208 Å². The third-order valence-electron chi connectivity index (χ3n) is 5.92. The molecule has 1 fully saturated rings. The predicted octanol–water partition coefficient (Wildman–Crippen LogP) is 6.63. The van der Waals surface area contributed by atoms with Crippen LogP contribution in [-0.2, 0) is 9.84 Å². The Hall–Kier alpha value is -3.46. The van der Waals surface area contributed by atoms with Crippen molar-refractivity contribution in [3.05, 3.63) is 103 Å². The van der Waals surface area contributed by atoms with Gasteiger partial charge in [0.25, 0.3) is 0 Å². The zero-order valence-electron chi connectivity index (χ0n) is 19.3. The Kier molecular flexibility index (Phi) is 7.59. The Morgan fingerprint density at radius 3 is 1.39 bits per heavy atom. The van der Waals surface area contributed by atoms with Crippen molar-refractivity contribution in [2.45, 2.75) is 12.5 Å². The molecule has 0 bridgehead atoms. The van der Waals surface area contributed by atoms with Crippen molar-refractivity contribution in [1.82, 2.24) is 0 Å². The number of rotatable bonds is 4. The van der Waals surface area contributed by atoms with E-state index in [-0.39, 0.29) is 17.5 Å². The second-order valence-electron chi connectivity index (χ2n) is 8.53. The van der Waals surface area contributed by atoms with Crippen molar-refractivity contribution in [2.75, 3.05) is 11.5 Å². The first-order valence-electron chi connectivity index (χ1n) is 11.4. The normalized spacial score (nSPS) is 16.7. The van der Waals surface area contributed by atoms with Crippen LogP contribution < -0.4 is 4.57 Å². The van der Waals surface area contributed by atoms with E-state index in [1.165, 1.54) is 0 Å². The third kappa shape index (κ3) is 6.60. The van der Waals surface area contributed by atoms with Gasteiger partial charge < -0.3 is 17.3 Å². The van der Waals surface area contributed by atoms with Gasteiger partial charge in [0.2, 0.25) is 11.4 Å². The molecule has 0 spiro atoms. The minimum Gasteiger partial charge on any atom is -0.418 e. The molecule has 1 saturated heterocycles. The first kappa shape index (κ1) is 25.6. The molecule has 1 aliphatic rings. The van der Waals surface area contributed by atoms with Gasteiger partial charge in [-0.1, -0.05) is 66.7 Å². The molecule has 0 saturated carbocycles. The maximum absolute atomic E-state index is 12.4. The van der Waals surface area contributed by atoms with Crippen LogP contribution in [0.4, 0.5) is 17.3 Å². The molecule has 3 aromatic carbocycles. The number of hydrogen-bond donors (Lipinski definition) is 0. The predicted molar refractivity (Wildman–Crippen MR) is 135 cm³/mol. The molecule has 9 heteroatoms. The smallest absolute Gasteiger partial charge is 0.418 e. The van der Waals surface area contributed by atoms with Crippen LogP contribution in [0.25, 0.3) is 33.6 Å². The van der Waals surface area contributed by atoms with Gasteiger partial charge in [-0.15, -0.1) is 0 Å². The van der Waals surface area contributed by atoms with Gasteiger partial charge in [0, 0.05) is 29.7 Å². The number of pyridine rings is 1. The standard InChI is InChI=1S/C27H24NO2S.BF4/c29-31(30)17-16-25(20-31)28-26(22-12-6-2-7-13-22)18-24(21-10-4-1-5-11-21)19-27(28)23-14-8-3-9-15-23;2-1(3,4)5/h1-15,18-19,25H,16-17,20H2;/q+1;-1. The molecule has 36 heavy (non-hydrogen) atoms. The van der Waals surface area contributed by atoms with E-state index in [0.717, 1.165) is 33.6 Å². The first-order chi connectivity index (χ1) is 17.1. The minimum atomic E-state index is -6.00. The van der Waals surface area contributed by atoms with E-state index in [1.54, 1.807) is 0 Å². The van der Waals surface area contributed by atoms with E-state index < -0.39 is 17.1 Å². The highest BCUT2D eigenvalue weighted by Gasteiger charge is 2.38. The summed E-state index contributed by atoms with van der Waals surface area (Å²) >= 11 is 0. The highest BCUT2D eigenvalue weighted by Crippen LogP contribution is 2.32. The lowest BCUT2D eigenvalue weighted by atomic mass is 9.98. The van der Waals surface area contributed by atoms with Gasteiger partial charge in [0.05, 0.1) is 5.75 Å². The highest BCUT2D eigenvalue weighted by atomic mass is 32.2. The summed E-state index contributed by atoms with van der Waals surface area (Å²) in [4.78, 5) is 0. The summed E-state index contributed by atoms with van der Waals surface area (Å²) in [6.45, 7) is 0. The number of hydrogen-bond acceptors (Lipinski definition) is 2. The average Bonchev–Trinajstić information content (AvgIpc) is 3.23. The van der Waals surface area contributed by atoms with E-state index in [0.29, 0.717) is 6.42 Å². The van der Waals surface area contributed by atoms with Gasteiger partial charge in [-0.05, 0) is 35.4 Å². The Morgan fingerprint density at radius 1 is 0.639 bits per heavy atom. The molecule has 4 aromatic rings. The summed E-state index contributed by atoms with van der Waals surface area (Å²) in [7, 11) is -9.02. The van der Waals surface area contributed by atoms with Gasteiger partial charge in [-0.2, -0.15) is 4.57 Å². The van der Waals surface area contributed by atoms with Gasteiger partial charge >= 0.3 is 7.25 Å². The van der Waals surface area contributed by atoms with Crippen molar-refractivity contribution in [1.29, 1.82) is 0 Å². The molecule has 0 radical (unpaired) electrons. The van der Waals surface area contributed by atoms with E-state index in [2.05, 4.69) is 53.1 Å². The maximum Gasteiger partial charge on any atom is 0.673 e. The van der Waals surface area contributed by atoms with Crippen molar-refractivity contribution in [3.63, 3.8) is 0 Å². The number of nitrogens with zero attached hydrogens (tertiary/aromatic N) is 1. The fraction of sp³-hybridized carbons (Fsp3) is 0.148. The lowest BCUT2D eigenvalue weighted by Gasteiger charge is -2.16. The van der Waals surface area contributed by atoms with Crippen molar-refractivity contribution in [2.24, 2.45) is 0 Å². The molecule has 0 amide bonds. The summed E-state index contributed by atoms with van der Waals surface area (Å²) in [6.07, 6.45) is 0.636. The number of sulfone groups is 1. The third-order valence-corrected chi connectivity index (χ3v) is 7.67. The summed E-state index contributed by atoms with van der Waals surface area (Å²) in [5.41, 5.74) is 6.52. The second-order valence-corrected chi connectivity index (χ2v) is 10.8. The fourth-order valence-corrected chi connectivity index (χ4v) is 6.14. The fourth-order valence-electron chi connectivity index (χ4n) is 4.44. The summed E-state index contributed by atoms with van der Waals surface area (Å²) in [5, 5.41) is 0. The molecule has 5 rings (SSSR count). The number of halogens is 4. The number of benzene rings is 3. The topological polar surface area (TPSA) is 38.0 Å². The molecule has 1 aromatic heterocycles. The Bertz CT molecular complexity index is 1350. The SMILES string of the molecule is F[B-](F)(F)F.O=S1(=O)CCC([n+]2c(-c3ccccc3)cc(-c3ccccc3)cc2-c2ccccc2)C1. The van der Waals surface area contributed by atoms with E-state index in [4.69, 9.17) is 0 Å². The Balaban J connectivity index is 0.000000556. The summed E-state index contributed by atoms with van der Waals surface area (Å²) in [6, 6.07) is 35.2. The lowest BCUT2D eigenvalue weighted by molar-refractivity contribution is -0.696. The highest BCUT2D eigenvalue weighted by molar-refractivity contribution is 7.91. The van der Waals surface area contributed by atoms with E-state index in [1.807, 2.05) is 54.6 Å². The molecular formula is C27H24BF4NO2S. The molecule has 1 atom stereocenters. The summed E-state index contributed by atoms with van der Waals surface area (Å²) in [5.74, 6) is 0.426. The van der Waals surface area contributed by atoms with Crippen LogP contribution in [0.3, 0.4) is 0 Å². The van der Waals surface area contributed by atoms with Gasteiger partial charge in [0.15, 0.2) is 15.9 Å². The molecule has 2 heterocycles. The molecule has 3 nitrogen and oxygen atoms in total. The van der Waals surface area contributed by atoms with Crippen LogP contribution in [0.2, 0.25) is 0 Å². The minimum absolute atomic E-state index is 0.0831. The van der Waals surface area contributed by atoms with Crippen LogP contribution in [0.1, 0.15) is 12.5 Å². The maximum atomic E-state index is 12.4. The lowest BCUT2D eigenvalue weighted by Crippen LogP contribution is -2.44. The zero-order chi connectivity index (χ0) is 25.8. The second kappa shape index (κ2) is 10.7. The summed E-state index contributed by atoms with van der Waals surface area (Å²) < 4.78 is 66.0. The van der Waals surface area contributed by atoms with Crippen molar-refractivity contribution in [3.8, 4) is 33.6 Å². The zero-order valence-corrected chi connectivity index (χ0v) is 20.1. The monoisotopic (exact) mass is 513 g/mol. The average molecular weight is 513 g/mol.